The molecule has 1 unspecified atom stereocenters. The van der Waals surface area contributed by atoms with Gasteiger partial charge in [0.25, 0.3) is 0 Å². The van der Waals surface area contributed by atoms with E-state index in [-0.39, 0.29) is 5.54 Å². The van der Waals surface area contributed by atoms with Crippen molar-refractivity contribution in [1.82, 2.24) is 4.90 Å². The Morgan fingerprint density at radius 3 is 2.79 bits per heavy atom. The van der Waals surface area contributed by atoms with Crippen LogP contribution in [-0.2, 0) is 4.74 Å². The van der Waals surface area contributed by atoms with Gasteiger partial charge in [-0.05, 0) is 44.4 Å². The molecule has 0 aromatic carbocycles. The molecule has 1 saturated heterocycles. The molecule has 0 aromatic heterocycles. The zero-order valence-corrected chi connectivity index (χ0v) is 12.1. The van der Waals surface area contributed by atoms with Crippen LogP contribution in [0.25, 0.3) is 0 Å². The third-order valence-electron chi connectivity index (χ3n) is 5.41. The van der Waals surface area contributed by atoms with Crippen LogP contribution in [0.4, 0.5) is 0 Å². The molecule has 2 fully saturated rings. The summed E-state index contributed by atoms with van der Waals surface area (Å²) in [4.78, 5) is 6.94. The van der Waals surface area contributed by atoms with E-state index < -0.39 is 0 Å². The van der Waals surface area contributed by atoms with Gasteiger partial charge in [0, 0.05) is 13.2 Å². The smallest absolute Gasteiger partial charge is 0.191 e. The van der Waals surface area contributed by atoms with Crippen LogP contribution in [0.1, 0.15) is 51.9 Å². The molecule has 0 bridgehead atoms. The molecule has 3 rings (SSSR count). The van der Waals surface area contributed by atoms with Crippen molar-refractivity contribution in [1.29, 1.82) is 0 Å². The van der Waals surface area contributed by atoms with Crippen LogP contribution in [-0.4, -0.2) is 42.2 Å². The zero-order valence-electron chi connectivity index (χ0n) is 12.1. The highest BCUT2D eigenvalue weighted by molar-refractivity contribution is 5.81. The Labute approximate surface area is 116 Å². The Balaban J connectivity index is 1.67. The lowest BCUT2D eigenvalue weighted by Gasteiger charge is -2.44. The van der Waals surface area contributed by atoms with Crippen LogP contribution < -0.4 is 5.73 Å². The monoisotopic (exact) mass is 265 g/mol. The third-order valence-corrected chi connectivity index (χ3v) is 5.41. The summed E-state index contributed by atoms with van der Waals surface area (Å²) in [7, 11) is 0. The zero-order chi connectivity index (χ0) is 13.3. The topological polar surface area (TPSA) is 50.8 Å². The standard InChI is InChI=1S/C15H27N3O/c1-2-12-5-7-15(8-6-12)11-17-14(16)18(15)10-13-4-3-9-19-13/h12-13H,2-11H2,1H3,(H2,16,17). The van der Waals surface area contributed by atoms with E-state index in [0.29, 0.717) is 6.10 Å². The highest BCUT2D eigenvalue weighted by Crippen LogP contribution is 2.40. The second kappa shape index (κ2) is 5.31. The molecule has 4 heteroatoms. The van der Waals surface area contributed by atoms with E-state index in [4.69, 9.17) is 10.5 Å². The molecule has 1 aliphatic carbocycles. The second-order valence-electron chi connectivity index (χ2n) is 6.50. The maximum Gasteiger partial charge on any atom is 0.191 e. The average Bonchev–Trinajstić information content (AvgIpc) is 3.04. The van der Waals surface area contributed by atoms with Crippen LogP contribution >= 0.6 is 0 Å². The molecule has 2 aliphatic heterocycles. The summed E-state index contributed by atoms with van der Waals surface area (Å²) in [5.41, 5.74) is 6.37. The van der Waals surface area contributed by atoms with Crippen molar-refractivity contribution < 1.29 is 4.74 Å². The number of guanidine groups is 1. The van der Waals surface area contributed by atoms with Gasteiger partial charge in [0.15, 0.2) is 5.96 Å². The summed E-state index contributed by atoms with van der Waals surface area (Å²) in [5, 5.41) is 0. The minimum absolute atomic E-state index is 0.224. The number of nitrogens with two attached hydrogens (primary N) is 1. The Hall–Kier alpha value is -0.770. The SMILES string of the molecule is CCC1CCC2(CC1)CN=C(N)N2CC1CCCO1. The number of aliphatic imine (C=N–C) groups is 1. The van der Waals surface area contributed by atoms with Gasteiger partial charge in [0.1, 0.15) is 0 Å². The molecule has 2 N–H and O–H groups in total. The molecule has 0 aromatic rings. The third kappa shape index (κ3) is 2.47. The fourth-order valence-corrected chi connectivity index (χ4v) is 3.97. The molecule has 2 heterocycles. The Kier molecular flexibility index (Phi) is 3.70. The molecule has 1 saturated carbocycles. The summed E-state index contributed by atoms with van der Waals surface area (Å²) in [6.45, 7) is 5.08. The molecule has 1 spiro atoms. The van der Waals surface area contributed by atoms with Gasteiger partial charge in [-0.15, -0.1) is 0 Å². The minimum atomic E-state index is 0.224. The van der Waals surface area contributed by atoms with E-state index in [1.165, 1.54) is 44.9 Å². The first-order valence-corrected chi connectivity index (χ1v) is 7.93. The first-order chi connectivity index (χ1) is 9.23. The minimum Gasteiger partial charge on any atom is -0.376 e. The van der Waals surface area contributed by atoms with Gasteiger partial charge in [-0.25, -0.2) is 0 Å². The maximum absolute atomic E-state index is 6.15. The number of nitrogens with zero attached hydrogens (tertiary/aromatic N) is 2. The van der Waals surface area contributed by atoms with Crippen molar-refractivity contribution in [3.63, 3.8) is 0 Å². The van der Waals surface area contributed by atoms with Gasteiger partial charge in [-0.1, -0.05) is 13.3 Å². The molecule has 3 aliphatic rings. The van der Waals surface area contributed by atoms with Crippen LogP contribution in [0.15, 0.2) is 4.99 Å². The summed E-state index contributed by atoms with van der Waals surface area (Å²) < 4.78 is 5.79. The molecule has 0 amide bonds. The van der Waals surface area contributed by atoms with E-state index in [1.807, 2.05) is 0 Å². The fourth-order valence-electron chi connectivity index (χ4n) is 3.97. The quantitative estimate of drug-likeness (QED) is 0.850. The molecule has 4 nitrogen and oxygen atoms in total. The van der Waals surface area contributed by atoms with E-state index in [0.717, 1.165) is 31.6 Å². The molecule has 108 valence electrons. The first-order valence-electron chi connectivity index (χ1n) is 7.93. The average molecular weight is 265 g/mol. The van der Waals surface area contributed by atoms with Gasteiger partial charge in [-0.3, -0.25) is 4.99 Å². The maximum atomic E-state index is 6.15. The van der Waals surface area contributed by atoms with E-state index in [2.05, 4.69) is 16.8 Å². The van der Waals surface area contributed by atoms with Crippen molar-refractivity contribution >= 4 is 5.96 Å². The summed E-state index contributed by atoms with van der Waals surface area (Å²) in [6, 6.07) is 0. The van der Waals surface area contributed by atoms with Crippen molar-refractivity contribution in [2.24, 2.45) is 16.6 Å². The van der Waals surface area contributed by atoms with Gasteiger partial charge in [0.2, 0.25) is 0 Å². The van der Waals surface area contributed by atoms with Gasteiger partial charge in [0.05, 0.1) is 18.2 Å². The first kappa shape index (κ1) is 13.2. The lowest BCUT2D eigenvalue weighted by atomic mass is 9.75. The normalized spacial score (nSPS) is 39.0. The second-order valence-corrected chi connectivity index (χ2v) is 6.50. The fraction of sp³-hybridized carbons (Fsp3) is 0.933. The summed E-state index contributed by atoms with van der Waals surface area (Å²) in [5.74, 6) is 1.67. The number of hydrogen-bond donors (Lipinski definition) is 1. The molecular weight excluding hydrogens is 238 g/mol. The number of hydrogen-bond acceptors (Lipinski definition) is 4. The van der Waals surface area contributed by atoms with Crippen molar-refractivity contribution in [2.75, 3.05) is 19.7 Å². The van der Waals surface area contributed by atoms with E-state index in [9.17, 15) is 0 Å². The van der Waals surface area contributed by atoms with E-state index in [1.54, 1.807) is 0 Å². The largest absolute Gasteiger partial charge is 0.376 e. The lowest BCUT2D eigenvalue weighted by molar-refractivity contribution is 0.0459. The van der Waals surface area contributed by atoms with Gasteiger partial charge in [-0.2, -0.15) is 0 Å². The van der Waals surface area contributed by atoms with Crippen molar-refractivity contribution in [3.8, 4) is 0 Å². The van der Waals surface area contributed by atoms with Crippen LogP contribution in [0.2, 0.25) is 0 Å². The van der Waals surface area contributed by atoms with Crippen molar-refractivity contribution in [2.45, 2.75) is 63.5 Å². The van der Waals surface area contributed by atoms with Crippen LogP contribution in [0.3, 0.4) is 0 Å². The lowest BCUT2D eigenvalue weighted by Crippen LogP contribution is -2.55. The van der Waals surface area contributed by atoms with Crippen LogP contribution in [0.5, 0.6) is 0 Å². The van der Waals surface area contributed by atoms with Crippen LogP contribution in [0, 0.1) is 5.92 Å². The molecule has 0 radical (unpaired) electrons. The molecular formula is C15H27N3O. The van der Waals surface area contributed by atoms with Gasteiger partial charge >= 0.3 is 0 Å². The Morgan fingerprint density at radius 1 is 1.37 bits per heavy atom. The van der Waals surface area contributed by atoms with E-state index >= 15 is 0 Å². The number of ether oxygens (including phenoxy) is 1. The van der Waals surface area contributed by atoms with Gasteiger partial charge < -0.3 is 15.4 Å². The van der Waals surface area contributed by atoms with Crippen molar-refractivity contribution in [3.05, 3.63) is 0 Å². The summed E-state index contributed by atoms with van der Waals surface area (Å²) in [6.07, 6.45) is 9.23. The predicted molar refractivity (Wildman–Crippen MR) is 77.1 cm³/mol. The Bertz CT molecular complexity index is 341. The highest BCUT2D eigenvalue weighted by atomic mass is 16.5. The molecule has 1 atom stereocenters. The Morgan fingerprint density at radius 2 is 2.16 bits per heavy atom. The highest BCUT2D eigenvalue weighted by Gasteiger charge is 2.45. The predicted octanol–water partition coefficient (Wildman–Crippen LogP) is 2.13. The summed E-state index contributed by atoms with van der Waals surface area (Å²) >= 11 is 0. The number of rotatable bonds is 3. The molecule has 19 heavy (non-hydrogen) atoms.